The van der Waals surface area contributed by atoms with Crippen LogP contribution in [0.15, 0.2) is 14.4 Å². The molecule has 1 aromatic rings. The summed E-state index contributed by atoms with van der Waals surface area (Å²) in [5.74, 6) is 0. The first-order valence-corrected chi connectivity index (χ1v) is 5.23. The highest BCUT2D eigenvalue weighted by molar-refractivity contribution is 4.67. The maximum absolute atomic E-state index is 11.2. The molecule has 0 atom stereocenters. The molecule has 1 rings (SSSR count). The van der Waals surface area contributed by atoms with E-state index in [4.69, 9.17) is 14.2 Å². The lowest BCUT2D eigenvalue weighted by molar-refractivity contribution is 0.00213. The molecule has 0 aliphatic carbocycles. The van der Waals surface area contributed by atoms with Crippen LogP contribution in [-0.4, -0.2) is 48.1 Å². The molecule has 9 heteroatoms. The van der Waals surface area contributed by atoms with Gasteiger partial charge in [-0.05, 0) is 0 Å². The van der Waals surface area contributed by atoms with Crippen molar-refractivity contribution in [3.8, 4) is 0 Å². The van der Waals surface area contributed by atoms with E-state index < -0.39 is 17.1 Å². The number of hydrogen-bond donors (Lipinski definition) is 2. The molecule has 18 heavy (non-hydrogen) atoms. The van der Waals surface area contributed by atoms with Crippen LogP contribution in [-0.2, 0) is 20.9 Å². The molecule has 0 fully saturated rings. The SMILES string of the molecule is COCCOCCOCn1c(=O)[nH]c(=O)[nH]c1=O. The second kappa shape index (κ2) is 7.58. The van der Waals surface area contributed by atoms with Gasteiger partial charge in [0.05, 0.1) is 26.4 Å². The van der Waals surface area contributed by atoms with Crippen LogP contribution in [0.3, 0.4) is 0 Å². The van der Waals surface area contributed by atoms with Crippen LogP contribution >= 0.6 is 0 Å². The minimum absolute atomic E-state index is 0.217. The lowest BCUT2D eigenvalue weighted by atomic mass is 10.7. The quantitative estimate of drug-likeness (QED) is 0.516. The number of aromatic amines is 2. The summed E-state index contributed by atoms with van der Waals surface area (Å²) in [6.07, 6.45) is 0. The third-order valence-electron chi connectivity index (χ3n) is 1.96. The molecular formula is C9H15N3O6. The Bertz CT molecular complexity index is 482. The van der Waals surface area contributed by atoms with Crippen molar-refractivity contribution < 1.29 is 14.2 Å². The number of aromatic nitrogens is 3. The monoisotopic (exact) mass is 261 g/mol. The van der Waals surface area contributed by atoms with Crippen LogP contribution in [0.25, 0.3) is 0 Å². The predicted octanol–water partition coefficient (Wildman–Crippen LogP) is -2.14. The van der Waals surface area contributed by atoms with E-state index in [2.05, 4.69) is 0 Å². The Labute approximate surface area is 101 Å². The van der Waals surface area contributed by atoms with Gasteiger partial charge in [-0.15, -0.1) is 0 Å². The fraction of sp³-hybridized carbons (Fsp3) is 0.667. The van der Waals surface area contributed by atoms with Crippen LogP contribution in [0.2, 0.25) is 0 Å². The van der Waals surface area contributed by atoms with Crippen LogP contribution in [0.1, 0.15) is 0 Å². The third kappa shape index (κ3) is 4.65. The Morgan fingerprint density at radius 1 is 0.944 bits per heavy atom. The number of rotatable bonds is 8. The topological polar surface area (TPSA) is 115 Å². The molecule has 0 saturated carbocycles. The normalized spacial score (nSPS) is 10.7. The fourth-order valence-electron chi connectivity index (χ4n) is 1.09. The molecule has 0 unspecified atom stereocenters. The number of nitrogens with zero attached hydrogens (tertiary/aromatic N) is 1. The molecule has 0 spiro atoms. The van der Waals surface area contributed by atoms with Gasteiger partial charge in [-0.25, -0.2) is 19.0 Å². The standard InChI is InChI=1S/C9H15N3O6/c1-16-2-3-17-4-5-18-6-12-8(14)10-7(13)11-9(12)15/h2-6H2,1H3,(H2,10,11,13,14,15). The van der Waals surface area contributed by atoms with Crippen LogP contribution < -0.4 is 17.1 Å². The summed E-state index contributed by atoms with van der Waals surface area (Å²) in [5, 5.41) is 0. The molecule has 102 valence electrons. The summed E-state index contributed by atoms with van der Waals surface area (Å²) in [4.78, 5) is 37.0. The van der Waals surface area contributed by atoms with Gasteiger partial charge in [0.15, 0.2) is 0 Å². The van der Waals surface area contributed by atoms with Crippen LogP contribution in [0, 0.1) is 0 Å². The highest BCUT2D eigenvalue weighted by Crippen LogP contribution is 1.80. The molecule has 1 aromatic heterocycles. The van der Waals surface area contributed by atoms with Crippen molar-refractivity contribution in [3.63, 3.8) is 0 Å². The Balaban J connectivity index is 2.34. The van der Waals surface area contributed by atoms with E-state index in [9.17, 15) is 14.4 Å². The van der Waals surface area contributed by atoms with Crippen molar-refractivity contribution in [3.05, 3.63) is 31.5 Å². The zero-order valence-electron chi connectivity index (χ0n) is 9.93. The number of nitrogens with one attached hydrogen (secondary N) is 2. The summed E-state index contributed by atoms with van der Waals surface area (Å²) >= 11 is 0. The van der Waals surface area contributed by atoms with E-state index in [-0.39, 0.29) is 13.3 Å². The smallest absolute Gasteiger partial charge is 0.335 e. The molecule has 1 heterocycles. The van der Waals surface area contributed by atoms with Crippen molar-refractivity contribution in [1.29, 1.82) is 0 Å². The van der Waals surface area contributed by atoms with Crippen LogP contribution in [0.4, 0.5) is 0 Å². The number of methoxy groups -OCH3 is 1. The Morgan fingerprint density at radius 2 is 1.50 bits per heavy atom. The number of hydrogen-bond acceptors (Lipinski definition) is 6. The second-order valence-corrected chi connectivity index (χ2v) is 3.26. The van der Waals surface area contributed by atoms with Gasteiger partial charge in [0.1, 0.15) is 6.73 Å². The largest absolute Gasteiger partial charge is 0.382 e. The van der Waals surface area contributed by atoms with Gasteiger partial charge in [0.25, 0.3) is 0 Å². The molecule has 2 N–H and O–H groups in total. The lowest BCUT2D eigenvalue weighted by Gasteiger charge is -2.06. The van der Waals surface area contributed by atoms with E-state index in [1.807, 2.05) is 9.97 Å². The highest BCUT2D eigenvalue weighted by Gasteiger charge is 2.02. The lowest BCUT2D eigenvalue weighted by Crippen LogP contribution is -2.43. The maximum Gasteiger partial charge on any atom is 0.335 e. The third-order valence-corrected chi connectivity index (χ3v) is 1.96. The molecule has 0 radical (unpaired) electrons. The summed E-state index contributed by atoms with van der Waals surface area (Å²) in [6, 6.07) is 0. The molecule has 0 bridgehead atoms. The van der Waals surface area contributed by atoms with Gasteiger partial charge >= 0.3 is 17.1 Å². The van der Waals surface area contributed by atoms with Crippen molar-refractivity contribution in [2.45, 2.75) is 6.73 Å². The van der Waals surface area contributed by atoms with Gasteiger partial charge in [-0.2, -0.15) is 0 Å². The average molecular weight is 261 g/mol. The first-order valence-electron chi connectivity index (χ1n) is 5.23. The average Bonchev–Trinajstić information content (AvgIpc) is 2.30. The first-order chi connectivity index (χ1) is 8.65. The molecule has 0 saturated heterocycles. The summed E-state index contributed by atoms with van der Waals surface area (Å²) in [5.41, 5.74) is -2.47. The minimum Gasteiger partial charge on any atom is -0.382 e. The molecule has 0 aliphatic rings. The zero-order valence-corrected chi connectivity index (χ0v) is 9.93. The van der Waals surface area contributed by atoms with Crippen molar-refractivity contribution in [2.75, 3.05) is 33.5 Å². The molecule has 0 aliphatic heterocycles. The van der Waals surface area contributed by atoms with Crippen molar-refractivity contribution in [2.24, 2.45) is 0 Å². The highest BCUT2D eigenvalue weighted by atomic mass is 16.5. The maximum atomic E-state index is 11.2. The van der Waals surface area contributed by atoms with E-state index in [1.165, 1.54) is 0 Å². The Hall–Kier alpha value is -1.71. The molecule has 0 aromatic carbocycles. The first kappa shape index (κ1) is 14.4. The van der Waals surface area contributed by atoms with Gasteiger partial charge in [0.2, 0.25) is 0 Å². The second-order valence-electron chi connectivity index (χ2n) is 3.26. The van der Waals surface area contributed by atoms with Gasteiger partial charge in [-0.3, -0.25) is 9.97 Å². The Morgan fingerprint density at radius 3 is 2.11 bits per heavy atom. The van der Waals surface area contributed by atoms with Crippen molar-refractivity contribution in [1.82, 2.24) is 14.5 Å². The zero-order chi connectivity index (χ0) is 13.4. The van der Waals surface area contributed by atoms with Gasteiger partial charge < -0.3 is 14.2 Å². The van der Waals surface area contributed by atoms with Crippen molar-refractivity contribution >= 4 is 0 Å². The summed E-state index contributed by atoms with van der Waals surface area (Å²) in [6.45, 7) is 1.21. The Kier molecular flexibility index (Phi) is 6.05. The minimum atomic E-state index is -0.843. The summed E-state index contributed by atoms with van der Waals surface area (Å²) in [7, 11) is 1.56. The van der Waals surface area contributed by atoms with E-state index >= 15 is 0 Å². The van der Waals surface area contributed by atoms with E-state index in [0.29, 0.717) is 19.8 Å². The number of H-pyrrole nitrogens is 2. The van der Waals surface area contributed by atoms with E-state index in [0.717, 1.165) is 4.57 Å². The van der Waals surface area contributed by atoms with Gasteiger partial charge in [-0.1, -0.05) is 0 Å². The predicted molar refractivity (Wildman–Crippen MR) is 60.6 cm³/mol. The van der Waals surface area contributed by atoms with Gasteiger partial charge in [0, 0.05) is 7.11 Å². The number of ether oxygens (including phenoxy) is 3. The van der Waals surface area contributed by atoms with Crippen LogP contribution in [0.5, 0.6) is 0 Å². The fourth-order valence-corrected chi connectivity index (χ4v) is 1.09. The summed E-state index contributed by atoms with van der Waals surface area (Å²) < 4.78 is 15.7. The molecule has 9 nitrogen and oxygen atoms in total. The molecular weight excluding hydrogens is 246 g/mol. The molecule has 0 amide bonds. The van der Waals surface area contributed by atoms with E-state index in [1.54, 1.807) is 7.11 Å².